The summed E-state index contributed by atoms with van der Waals surface area (Å²) in [6.45, 7) is 0. The third kappa shape index (κ3) is 3.10. The van der Waals surface area contributed by atoms with E-state index in [1.54, 1.807) is 18.2 Å². The summed E-state index contributed by atoms with van der Waals surface area (Å²) in [5.41, 5.74) is 6.03. The highest BCUT2D eigenvalue weighted by Gasteiger charge is 2.28. The van der Waals surface area contributed by atoms with E-state index in [1.807, 2.05) is 0 Å². The van der Waals surface area contributed by atoms with Gasteiger partial charge in [-0.2, -0.15) is 0 Å². The second kappa shape index (κ2) is 5.87. The molecule has 8 nitrogen and oxygen atoms in total. The fraction of sp³-hybridized carbons (Fsp3) is 0. The van der Waals surface area contributed by atoms with Crippen molar-refractivity contribution in [1.29, 1.82) is 0 Å². The average molecular weight is 369 g/mol. The summed E-state index contributed by atoms with van der Waals surface area (Å²) in [5, 5.41) is 15.7. The molecule has 0 saturated carbocycles. The maximum Gasteiger partial charge on any atom is 0.248 e. The zero-order valence-corrected chi connectivity index (χ0v) is 13.6. The molecule has 2 aromatic carbocycles. The molecule has 0 fully saturated rings. The first-order chi connectivity index (χ1) is 11.3. The van der Waals surface area contributed by atoms with E-state index in [-0.39, 0.29) is 32.9 Å². The summed E-state index contributed by atoms with van der Waals surface area (Å²) < 4.78 is 24.2. The molecule has 7 N–H and O–H groups in total. The number of benzene rings is 2. The lowest BCUT2D eigenvalue weighted by molar-refractivity contribution is 0.100. The third-order valence-corrected chi connectivity index (χ3v) is 4.78. The van der Waals surface area contributed by atoms with Gasteiger partial charge in [-0.1, -0.05) is 28.4 Å². The van der Waals surface area contributed by atoms with Gasteiger partial charge in [0.15, 0.2) is 0 Å². The highest BCUT2D eigenvalue weighted by atomic mass is 35.5. The Morgan fingerprint density at radius 1 is 1.29 bits per heavy atom. The molecular formula is C14H13ClN4O4S. The summed E-state index contributed by atoms with van der Waals surface area (Å²) >= 11 is 5.82. The molecule has 1 heterocycles. The summed E-state index contributed by atoms with van der Waals surface area (Å²) in [7, 11) is -3.56. The molecular weight excluding hydrogens is 356 g/mol. The largest absolute Gasteiger partial charge is 0.506 e. The lowest BCUT2D eigenvalue weighted by Crippen LogP contribution is -2.27. The number of carbonyl (C=O) groups excluding carboxylic acids is 1. The SMILES string of the molecule is NC(=O)c1cccc(NC2=NS(O)(O)c3cc(Cl)cc(O)c3N2)c1. The number of aromatic hydroxyl groups is 1. The van der Waals surface area contributed by atoms with Crippen LogP contribution >= 0.6 is 22.4 Å². The topological polar surface area (TPSA) is 140 Å². The fourth-order valence-corrected chi connectivity index (χ4v) is 3.60. The Labute approximate surface area is 143 Å². The van der Waals surface area contributed by atoms with Gasteiger partial charge in [0.05, 0.1) is 0 Å². The molecule has 1 amide bonds. The smallest absolute Gasteiger partial charge is 0.248 e. The van der Waals surface area contributed by atoms with Gasteiger partial charge in [0.2, 0.25) is 11.9 Å². The molecule has 0 saturated heterocycles. The standard InChI is InChI=1S/C14H13ClN4O4S/c15-8-5-10(20)12-11(6-8)24(22,23)19-14(18-12)17-9-3-1-2-7(4-9)13(16)21/h1-6,20,22-23H,(H2,16,21)(H2,17,18,19). The Kier molecular flexibility index (Phi) is 4.01. The van der Waals surface area contributed by atoms with Crippen molar-refractivity contribution >= 4 is 45.6 Å². The Morgan fingerprint density at radius 3 is 2.75 bits per heavy atom. The molecule has 0 aromatic heterocycles. The minimum absolute atomic E-state index is 0.0102. The number of fused-ring (bicyclic) bond motifs is 1. The number of phenols is 1. The predicted octanol–water partition coefficient (Wildman–Crippen LogP) is 3.06. The fourth-order valence-electron chi connectivity index (χ4n) is 2.17. The van der Waals surface area contributed by atoms with Crippen LogP contribution in [0.5, 0.6) is 5.75 Å². The van der Waals surface area contributed by atoms with E-state index < -0.39 is 16.7 Å². The number of nitrogens with two attached hydrogens (primary N) is 1. The summed E-state index contributed by atoms with van der Waals surface area (Å²) in [6.07, 6.45) is 0. The average Bonchev–Trinajstić information content (AvgIpc) is 2.48. The van der Waals surface area contributed by atoms with E-state index in [0.717, 1.165) is 0 Å². The summed E-state index contributed by atoms with van der Waals surface area (Å²) in [5.74, 6) is -0.863. The van der Waals surface area contributed by atoms with Crippen LogP contribution < -0.4 is 16.4 Å². The van der Waals surface area contributed by atoms with Crippen molar-refractivity contribution in [2.75, 3.05) is 10.6 Å². The summed E-state index contributed by atoms with van der Waals surface area (Å²) in [6, 6.07) is 8.84. The number of hydrogen-bond acceptors (Lipinski definition) is 7. The maximum absolute atomic E-state index is 11.2. The van der Waals surface area contributed by atoms with E-state index in [4.69, 9.17) is 17.3 Å². The first kappa shape index (κ1) is 16.4. The van der Waals surface area contributed by atoms with E-state index >= 15 is 0 Å². The second-order valence-electron chi connectivity index (χ2n) is 4.95. The van der Waals surface area contributed by atoms with Crippen molar-refractivity contribution in [3.8, 4) is 5.75 Å². The lowest BCUT2D eigenvalue weighted by atomic mass is 10.2. The number of guanidine groups is 1. The molecule has 0 aliphatic carbocycles. The van der Waals surface area contributed by atoms with Gasteiger partial charge in [-0.15, -0.1) is 4.40 Å². The molecule has 0 bridgehead atoms. The molecule has 0 atom stereocenters. The van der Waals surface area contributed by atoms with Crippen LogP contribution in [-0.2, 0) is 0 Å². The number of carbonyl (C=O) groups is 1. The number of hydrogen-bond donors (Lipinski definition) is 6. The zero-order valence-electron chi connectivity index (χ0n) is 12.0. The molecule has 1 aliphatic heterocycles. The minimum atomic E-state index is -3.56. The van der Waals surface area contributed by atoms with Crippen LogP contribution in [0.4, 0.5) is 11.4 Å². The quantitative estimate of drug-likeness (QED) is 0.450. The van der Waals surface area contributed by atoms with Gasteiger partial charge in [0.1, 0.15) is 16.3 Å². The van der Waals surface area contributed by atoms with Crippen LogP contribution in [0.25, 0.3) is 0 Å². The number of halogens is 1. The molecule has 0 radical (unpaired) electrons. The van der Waals surface area contributed by atoms with Gasteiger partial charge in [0, 0.05) is 22.3 Å². The Balaban J connectivity index is 1.95. The van der Waals surface area contributed by atoms with Crippen molar-refractivity contribution in [2.45, 2.75) is 4.90 Å². The molecule has 2 aromatic rings. The molecule has 24 heavy (non-hydrogen) atoms. The van der Waals surface area contributed by atoms with Crippen LogP contribution in [0.15, 0.2) is 45.7 Å². The summed E-state index contributed by atoms with van der Waals surface area (Å²) in [4.78, 5) is 11.2. The number of primary amides is 1. The number of nitrogens with zero attached hydrogens (tertiary/aromatic N) is 1. The van der Waals surface area contributed by atoms with Crippen molar-refractivity contribution < 1.29 is 19.0 Å². The predicted molar refractivity (Wildman–Crippen MR) is 93.9 cm³/mol. The molecule has 1 aliphatic rings. The molecule has 10 heteroatoms. The maximum atomic E-state index is 11.2. The number of rotatable bonds is 2. The van der Waals surface area contributed by atoms with E-state index in [1.165, 1.54) is 18.2 Å². The Bertz CT molecular complexity index is 872. The Hall–Kier alpha value is -2.46. The van der Waals surface area contributed by atoms with Gasteiger partial charge in [0.25, 0.3) is 0 Å². The first-order valence-corrected chi connectivity index (χ1v) is 8.49. The van der Waals surface area contributed by atoms with Crippen LogP contribution in [0.2, 0.25) is 5.02 Å². The van der Waals surface area contributed by atoms with Gasteiger partial charge in [-0.25, -0.2) is 0 Å². The van der Waals surface area contributed by atoms with Crippen molar-refractivity contribution in [2.24, 2.45) is 10.1 Å². The van der Waals surface area contributed by atoms with E-state index in [9.17, 15) is 19.0 Å². The van der Waals surface area contributed by atoms with Crippen LogP contribution in [0.3, 0.4) is 0 Å². The zero-order chi connectivity index (χ0) is 17.5. The molecule has 0 spiro atoms. The van der Waals surface area contributed by atoms with Crippen molar-refractivity contribution in [3.05, 3.63) is 47.0 Å². The number of phenolic OH excluding ortho intramolecular Hbond substituents is 1. The van der Waals surface area contributed by atoms with Gasteiger partial charge in [-0.05, 0) is 24.3 Å². The van der Waals surface area contributed by atoms with E-state index in [2.05, 4.69) is 15.0 Å². The normalized spacial score (nSPS) is 16.4. The van der Waals surface area contributed by atoms with Gasteiger partial charge in [-0.3, -0.25) is 13.9 Å². The monoisotopic (exact) mass is 368 g/mol. The van der Waals surface area contributed by atoms with Gasteiger partial charge < -0.3 is 21.5 Å². The number of anilines is 2. The number of amides is 1. The van der Waals surface area contributed by atoms with E-state index in [0.29, 0.717) is 5.69 Å². The highest BCUT2D eigenvalue weighted by Crippen LogP contribution is 2.57. The van der Waals surface area contributed by atoms with Crippen molar-refractivity contribution in [3.63, 3.8) is 0 Å². The third-order valence-electron chi connectivity index (χ3n) is 3.21. The number of nitrogens with one attached hydrogen (secondary N) is 2. The van der Waals surface area contributed by atoms with Crippen molar-refractivity contribution in [1.82, 2.24) is 0 Å². The van der Waals surface area contributed by atoms with Crippen LogP contribution in [0.1, 0.15) is 10.4 Å². The first-order valence-electron chi connectivity index (χ1n) is 6.61. The Morgan fingerprint density at radius 2 is 2.04 bits per heavy atom. The van der Waals surface area contributed by atoms with Gasteiger partial charge >= 0.3 is 0 Å². The molecule has 3 rings (SSSR count). The van der Waals surface area contributed by atoms with Crippen LogP contribution in [0, 0.1) is 0 Å². The minimum Gasteiger partial charge on any atom is -0.506 e. The van der Waals surface area contributed by atoms with Crippen LogP contribution in [-0.4, -0.2) is 26.1 Å². The molecule has 126 valence electrons. The lowest BCUT2D eigenvalue weighted by Gasteiger charge is -2.34. The highest BCUT2D eigenvalue weighted by molar-refractivity contribution is 8.23. The second-order valence-corrected chi connectivity index (χ2v) is 7.05. The molecule has 0 unspecified atom stereocenters.